The monoisotopic (exact) mass is 590 g/mol. The second kappa shape index (κ2) is 14.1. The van der Waals surface area contributed by atoms with Crippen LogP contribution in [0.3, 0.4) is 0 Å². The summed E-state index contributed by atoms with van der Waals surface area (Å²) in [6, 6.07) is 24.1. The van der Waals surface area contributed by atoms with Crippen LogP contribution in [0.5, 0.6) is 0 Å². The number of aliphatic hydroxyl groups is 1. The number of carbonyl (C=O) groups is 1. The third-order valence-electron chi connectivity index (χ3n) is 6.72. The molecule has 0 bridgehead atoms. The first-order valence-electron chi connectivity index (χ1n) is 13.6. The largest absolute Gasteiger partial charge is 0.392 e. The highest BCUT2D eigenvalue weighted by Gasteiger charge is 2.32. The Hall–Kier alpha value is -3.28. The van der Waals surface area contributed by atoms with Gasteiger partial charge in [-0.15, -0.1) is 10.2 Å². The summed E-state index contributed by atoms with van der Waals surface area (Å²) in [4.78, 5) is 11.8. The molecule has 1 aliphatic rings. The molecule has 3 atom stereocenters. The molecule has 1 aromatic heterocycles. The summed E-state index contributed by atoms with van der Waals surface area (Å²) in [6.45, 7) is 4.88. The van der Waals surface area contributed by atoms with Gasteiger partial charge in [-0.2, -0.15) is 0 Å². The number of thioether (sulfide) groups is 1. The molecule has 2 amide bonds. The number of nitrogens with zero attached hydrogens (tertiary/aromatic N) is 2. The fourth-order valence-electron chi connectivity index (χ4n) is 4.65. The van der Waals surface area contributed by atoms with Crippen LogP contribution in [-0.2, 0) is 22.6 Å². The summed E-state index contributed by atoms with van der Waals surface area (Å²) in [6.07, 6.45) is -0.0518. The molecule has 5 rings (SSSR count). The number of rotatable bonds is 10. The van der Waals surface area contributed by atoms with Crippen molar-refractivity contribution in [2.75, 3.05) is 12.3 Å². The number of ether oxygens (including phenoxy) is 2. The summed E-state index contributed by atoms with van der Waals surface area (Å²) in [5.41, 5.74) is 5.96. The Morgan fingerprint density at radius 2 is 1.76 bits per heavy atom. The number of hydrogen-bond donors (Lipinski definition) is 3. The highest BCUT2D eigenvalue weighted by molar-refractivity contribution is 8.01. The van der Waals surface area contributed by atoms with Crippen LogP contribution in [-0.4, -0.2) is 39.7 Å². The van der Waals surface area contributed by atoms with Crippen LogP contribution in [0.25, 0.3) is 11.1 Å². The van der Waals surface area contributed by atoms with E-state index in [1.165, 1.54) is 0 Å². The Bertz CT molecular complexity index is 1450. The van der Waals surface area contributed by atoms with Crippen LogP contribution in [0.15, 0.2) is 77.1 Å². The summed E-state index contributed by atoms with van der Waals surface area (Å²) in [7, 11) is 0. The SMILES string of the molecule is CCNC(=O)NCc1cccc(-c2cccc([C@@H]3O[C@H](CSc4nnc(C)s4)C[C@H](c4ccc(CO)cc4)O3)c2)c1. The van der Waals surface area contributed by atoms with Crippen molar-refractivity contribution in [3.63, 3.8) is 0 Å². The van der Waals surface area contributed by atoms with E-state index in [9.17, 15) is 9.90 Å². The molecule has 0 saturated carbocycles. The molecule has 0 unspecified atom stereocenters. The highest BCUT2D eigenvalue weighted by atomic mass is 32.2. The zero-order valence-electron chi connectivity index (χ0n) is 23.1. The second-order valence-corrected chi connectivity index (χ2v) is 12.2. The zero-order chi connectivity index (χ0) is 28.6. The van der Waals surface area contributed by atoms with Crippen LogP contribution >= 0.6 is 23.1 Å². The Kier molecular flexibility index (Phi) is 10.0. The van der Waals surface area contributed by atoms with Crippen LogP contribution in [0.1, 0.15) is 53.0 Å². The number of amides is 2. The van der Waals surface area contributed by atoms with Crippen molar-refractivity contribution in [2.45, 2.75) is 56.3 Å². The van der Waals surface area contributed by atoms with Crippen molar-refractivity contribution >= 4 is 29.1 Å². The number of aryl methyl sites for hydroxylation is 1. The average molecular weight is 591 g/mol. The first-order valence-corrected chi connectivity index (χ1v) is 15.5. The van der Waals surface area contributed by atoms with E-state index in [4.69, 9.17) is 9.47 Å². The Morgan fingerprint density at radius 3 is 2.49 bits per heavy atom. The molecule has 1 saturated heterocycles. The molecule has 1 aliphatic heterocycles. The average Bonchev–Trinajstić information content (AvgIpc) is 3.44. The maximum absolute atomic E-state index is 11.8. The Balaban J connectivity index is 1.35. The predicted octanol–water partition coefficient (Wildman–Crippen LogP) is 6.16. The normalized spacial score (nSPS) is 18.7. The van der Waals surface area contributed by atoms with Crippen molar-refractivity contribution in [1.82, 2.24) is 20.8 Å². The molecule has 3 aromatic carbocycles. The molecule has 8 nitrogen and oxygen atoms in total. The van der Waals surface area contributed by atoms with Crippen molar-refractivity contribution in [3.8, 4) is 11.1 Å². The van der Waals surface area contributed by atoms with E-state index in [1.54, 1.807) is 23.1 Å². The molecule has 1 fully saturated rings. The van der Waals surface area contributed by atoms with Gasteiger partial charge in [-0.3, -0.25) is 0 Å². The van der Waals surface area contributed by atoms with Gasteiger partial charge in [0.1, 0.15) is 5.01 Å². The molecule has 10 heteroatoms. The van der Waals surface area contributed by atoms with E-state index in [0.717, 1.165) is 48.5 Å². The maximum Gasteiger partial charge on any atom is 0.315 e. The number of hydrogen-bond acceptors (Lipinski definition) is 8. The second-order valence-electron chi connectivity index (χ2n) is 9.79. The minimum absolute atomic E-state index is 0.00800. The van der Waals surface area contributed by atoms with Gasteiger partial charge in [0.15, 0.2) is 10.6 Å². The lowest BCUT2D eigenvalue weighted by molar-refractivity contribution is -0.245. The highest BCUT2D eigenvalue weighted by Crippen LogP contribution is 2.40. The van der Waals surface area contributed by atoms with E-state index in [2.05, 4.69) is 45.1 Å². The fraction of sp³-hybridized carbons (Fsp3) is 0.323. The van der Waals surface area contributed by atoms with Crippen molar-refractivity contribution in [1.29, 1.82) is 0 Å². The van der Waals surface area contributed by atoms with Crippen molar-refractivity contribution in [2.24, 2.45) is 0 Å². The van der Waals surface area contributed by atoms with Gasteiger partial charge in [0.2, 0.25) is 0 Å². The standard InChI is InChI=1S/C31H34N4O4S2/c1-3-32-30(37)33-17-22-6-4-7-24(14-22)25-8-5-9-26(15-25)29-38-27(19-40-31-35-34-20(2)41-31)16-28(39-29)23-12-10-21(18-36)11-13-23/h4-15,27-29,36H,3,16-19H2,1-2H3,(H2,32,33,37)/t27-,28+,29+/m0/s1. The molecule has 4 aromatic rings. The number of aliphatic hydroxyl groups excluding tert-OH is 1. The zero-order valence-corrected chi connectivity index (χ0v) is 24.7. The lowest BCUT2D eigenvalue weighted by Gasteiger charge is -2.36. The molecular formula is C31H34N4O4S2. The lowest BCUT2D eigenvalue weighted by Crippen LogP contribution is -2.34. The molecule has 2 heterocycles. The molecule has 0 aliphatic carbocycles. The number of benzene rings is 3. The molecular weight excluding hydrogens is 556 g/mol. The van der Waals surface area contributed by atoms with E-state index in [0.29, 0.717) is 19.5 Å². The third-order valence-corrected chi connectivity index (χ3v) is 8.83. The Labute approximate surface area is 248 Å². The van der Waals surface area contributed by atoms with Crippen LogP contribution < -0.4 is 10.6 Å². The first kappa shape index (κ1) is 29.2. The van der Waals surface area contributed by atoms with Gasteiger partial charge in [-0.25, -0.2) is 4.79 Å². The van der Waals surface area contributed by atoms with Gasteiger partial charge < -0.3 is 25.2 Å². The quantitative estimate of drug-likeness (QED) is 0.190. The lowest BCUT2D eigenvalue weighted by atomic mass is 9.99. The van der Waals surface area contributed by atoms with Crippen molar-refractivity contribution < 1.29 is 19.4 Å². The smallest absolute Gasteiger partial charge is 0.315 e. The maximum atomic E-state index is 11.8. The summed E-state index contributed by atoms with van der Waals surface area (Å²) >= 11 is 3.24. The number of aromatic nitrogens is 2. The molecule has 0 radical (unpaired) electrons. The summed E-state index contributed by atoms with van der Waals surface area (Å²) in [5, 5.41) is 24.4. The number of carbonyl (C=O) groups excluding carboxylic acids is 1. The van der Waals surface area contributed by atoms with E-state index in [1.807, 2.05) is 62.4 Å². The molecule has 41 heavy (non-hydrogen) atoms. The number of urea groups is 1. The van der Waals surface area contributed by atoms with Gasteiger partial charge in [0.25, 0.3) is 0 Å². The summed E-state index contributed by atoms with van der Waals surface area (Å²) in [5.74, 6) is 0.736. The van der Waals surface area contributed by atoms with Crippen LogP contribution in [0.2, 0.25) is 0 Å². The minimum Gasteiger partial charge on any atom is -0.392 e. The molecule has 214 valence electrons. The van der Waals surface area contributed by atoms with E-state index in [-0.39, 0.29) is 24.8 Å². The molecule has 3 N–H and O–H groups in total. The topological polar surface area (TPSA) is 106 Å². The Morgan fingerprint density at radius 1 is 0.976 bits per heavy atom. The van der Waals surface area contributed by atoms with Gasteiger partial charge in [-0.05, 0) is 53.8 Å². The van der Waals surface area contributed by atoms with E-state index >= 15 is 0 Å². The fourth-order valence-corrected chi connectivity index (χ4v) is 6.51. The van der Waals surface area contributed by atoms with Gasteiger partial charge in [-0.1, -0.05) is 83.8 Å². The van der Waals surface area contributed by atoms with Crippen LogP contribution in [0, 0.1) is 6.92 Å². The van der Waals surface area contributed by atoms with Crippen LogP contribution in [0.4, 0.5) is 4.79 Å². The van der Waals surface area contributed by atoms with Gasteiger partial charge in [0, 0.05) is 30.8 Å². The minimum atomic E-state index is -0.546. The summed E-state index contributed by atoms with van der Waals surface area (Å²) < 4.78 is 14.0. The number of nitrogens with one attached hydrogen (secondary N) is 2. The van der Waals surface area contributed by atoms with Crippen molar-refractivity contribution in [3.05, 3.63) is 100 Å². The van der Waals surface area contributed by atoms with Gasteiger partial charge >= 0.3 is 6.03 Å². The molecule has 0 spiro atoms. The third kappa shape index (κ3) is 7.93. The van der Waals surface area contributed by atoms with Gasteiger partial charge in [0.05, 0.1) is 18.8 Å². The predicted molar refractivity (Wildman–Crippen MR) is 162 cm³/mol. The first-order chi connectivity index (χ1) is 20.0. The van der Waals surface area contributed by atoms with E-state index < -0.39 is 6.29 Å².